The van der Waals surface area contributed by atoms with E-state index in [9.17, 15) is 4.79 Å². The minimum Gasteiger partial charge on any atom is -0.293 e. The first-order valence-corrected chi connectivity index (χ1v) is 7.16. The zero-order chi connectivity index (χ0) is 13.1. The number of benzene rings is 1. The lowest BCUT2D eigenvalue weighted by Gasteiger charge is -2.11. The molecule has 0 bridgehead atoms. The molecule has 1 amide bonds. The van der Waals surface area contributed by atoms with Crippen molar-refractivity contribution >= 4 is 40.3 Å². The summed E-state index contributed by atoms with van der Waals surface area (Å²) in [6, 6.07) is 8.11. The Labute approximate surface area is 117 Å². The second-order valence-corrected chi connectivity index (χ2v) is 5.92. The number of hydrogen-bond donors (Lipinski definition) is 0. The van der Waals surface area contributed by atoms with Crippen molar-refractivity contribution in [3.8, 4) is 0 Å². The van der Waals surface area contributed by atoms with Gasteiger partial charge in [0, 0.05) is 6.54 Å². The summed E-state index contributed by atoms with van der Waals surface area (Å²) in [6.45, 7) is 4.79. The van der Waals surface area contributed by atoms with Crippen LogP contribution in [0.3, 0.4) is 0 Å². The van der Waals surface area contributed by atoms with Gasteiger partial charge >= 0.3 is 0 Å². The van der Waals surface area contributed by atoms with E-state index in [-0.39, 0.29) is 5.91 Å². The molecule has 0 aliphatic carbocycles. The molecule has 1 aromatic carbocycles. The number of aryl methyl sites for hydroxylation is 1. The average Bonchev–Trinajstić information content (AvgIpc) is 2.60. The summed E-state index contributed by atoms with van der Waals surface area (Å²) in [4.78, 5) is 14.5. The molecule has 0 unspecified atom stereocenters. The van der Waals surface area contributed by atoms with Gasteiger partial charge in [-0.3, -0.25) is 9.69 Å². The number of carbonyl (C=O) groups excluding carboxylic acids is 1. The SMILES string of the molecule is CCCN1C(=O)/C(=C/c2ccc(C)cc2)SC1=S. The first kappa shape index (κ1) is 13.3. The third-order valence-electron chi connectivity index (χ3n) is 2.70. The van der Waals surface area contributed by atoms with E-state index in [4.69, 9.17) is 12.2 Å². The summed E-state index contributed by atoms with van der Waals surface area (Å²) < 4.78 is 0.667. The van der Waals surface area contributed by atoms with E-state index < -0.39 is 0 Å². The molecule has 1 aromatic rings. The minimum absolute atomic E-state index is 0.0347. The molecular weight excluding hydrogens is 262 g/mol. The van der Waals surface area contributed by atoms with Crippen LogP contribution in [0.1, 0.15) is 24.5 Å². The molecule has 1 saturated heterocycles. The first-order valence-electron chi connectivity index (χ1n) is 5.94. The summed E-state index contributed by atoms with van der Waals surface area (Å²) in [6.07, 6.45) is 2.83. The van der Waals surface area contributed by atoms with Crippen LogP contribution in [0.25, 0.3) is 6.08 Å². The molecule has 0 aromatic heterocycles. The van der Waals surface area contributed by atoms with E-state index >= 15 is 0 Å². The standard InChI is InChI=1S/C14H15NOS2/c1-3-8-15-13(16)12(18-14(15)17)9-11-6-4-10(2)5-7-11/h4-7,9H,3,8H2,1-2H3/b12-9-. The molecule has 0 spiro atoms. The summed E-state index contributed by atoms with van der Waals surface area (Å²) in [7, 11) is 0. The Hall–Kier alpha value is -1.13. The van der Waals surface area contributed by atoms with Gasteiger partial charge in [0.1, 0.15) is 4.32 Å². The van der Waals surface area contributed by atoms with E-state index in [1.54, 1.807) is 4.90 Å². The molecule has 2 nitrogen and oxygen atoms in total. The predicted molar refractivity (Wildman–Crippen MR) is 81.3 cm³/mol. The molecule has 1 heterocycles. The fraction of sp³-hybridized carbons (Fsp3) is 0.286. The van der Waals surface area contributed by atoms with E-state index in [1.165, 1.54) is 17.3 Å². The van der Waals surface area contributed by atoms with Gasteiger partial charge in [-0.2, -0.15) is 0 Å². The fourth-order valence-corrected chi connectivity index (χ4v) is 3.04. The Morgan fingerprint density at radius 1 is 1.33 bits per heavy atom. The molecular formula is C14H15NOS2. The highest BCUT2D eigenvalue weighted by molar-refractivity contribution is 8.26. The van der Waals surface area contributed by atoms with Gasteiger partial charge in [-0.25, -0.2) is 0 Å². The van der Waals surface area contributed by atoms with Crippen molar-refractivity contribution < 1.29 is 4.79 Å². The number of nitrogens with zero attached hydrogens (tertiary/aromatic N) is 1. The number of carbonyl (C=O) groups is 1. The molecule has 4 heteroatoms. The number of rotatable bonds is 3. The summed E-state index contributed by atoms with van der Waals surface area (Å²) in [5, 5.41) is 0. The molecule has 2 rings (SSSR count). The lowest BCUT2D eigenvalue weighted by Crippen LogP contribution is -2.28. The normalized spacial score (nSPS) is 17.9. The Morgan fingerprint density at radius 3 is 2.61 bits per heavy atom. The molecule has 0 saturated carbocycles. The Morgan fingerprint density at radius 2 is 2.00 bits per heavy atom. The third kappa shape index (κ3) is 2.82. The van der Waals surface area contributed by atoms with Crippen LogP contribution in [0.5, 0.6) is 0 Å². The molecule has 0 N–H and O–H groups in total. The minimum atomic E-state index is 0.0347. The fourth-order valence-electron chi connectivity index (χ4n) is 1.73. The molecule has 18 heavy (non-hydrogen) atoms. The molecule has 0 radical (unpaired) electrons. The molecule has 1 aliphatic rings. The van der Waals surface area contributed by atoms with Crippen molar-refractivity contribution in [1.29, 1.82) is 0 Å². The molecule has 1 fully saturated rings. The summed E-state index contributed by atoms with van der Waals surface area (Å²) >= 11 is 6.61. The maximum absolute atomic E-state index is 12.1. The highest BCUT2D eigenvalue weighted by Gasteiger charge is 2.30. The van der Waals surface area contributed by atoms with Gasteiger partial charge < -0.3 is 0 Å². The monoisotopic (exact) mass is 277 g/mol. The zero-order valence-corrected chi connectivity index (χ0v) is 12.1. The third-order valence-corrected chi connectivity index (χ3v) is 4.07. The predicted octanol–water partition coefficient (Wildman–Crippen LogP) is 3.61. The van der Waals surface area contributed by atoms with Crippen molar-refractivity contribution in [3.05, 3.63) is 40.3 Å². The maximum Gasteiger partial charge on any atom is 0.266 e. The van der Waals surface area contributed by atoms with Crippen LogP contribution in [0.2, 0.25) is 0 Å². The lowest BCUT2D eigenvalue weighted by molar-refractivity contribution is -0.122. The van der Waals surface area contributed by atoms with Gasteiger partial charge in [-0.05, 0) is 25.0 Å². The quantitative estimate of drug-likeness (QED) is 0.622. The van der Waals surface area contributed by atoms with E-state index in [0.29, 0.717) is 10.9 Å². The van der Waals surface area contributed by atoms with Crippen molar-refractivity contribution in [2.45, 2.75) is 20.3 Å². The topological polar surface area (TPSA) is 20.3 Å². The van der Waals surface area contributed by atoms with E-state index in [1.807, 2.05) is 44.2 Å². The van der Waals surface area contributed by atoms with Crippen LogP contribution in [-0.4, -0.2) is 21.7 Å². The van der Waals surface area contributed by atoms with Crippen LogP contribution in [0.4, 0.5) is 0 Å². The zero-order valence-electron chi connectivity index (χ0n) is 10.5. The van der Waals surface area contributed by atoms with Gasteiger partial charge in [-0.1, -0.05) is 60.7 Å². The van der Waals surface area contributed by atoms with Crippen molar-refractivity contribution in [2.75, 3.05) is 6.54 Å². The lowest BCUT2D eigenvalue weighted by atomic mass is 10.1. The van der Waals surface area contributed by atoms with Crippen LogP contribution in [0.15, 0.2) is 29.2 Å². The van der Waals surface area contributed by atoms with Crippen LogP contribution < -0.4 is 0 Å². The maximum atomic E-state index is 12.1. The summed E-state index contributed by atoms with van der Waals surface area (Å²) in [5.74, 6) is 0.0347. The molecule has 1 aliphatic heterocycles. The van der Waals surface area contributed by atoms with Crippen LogP contribution in [-0.2, 0) is 4.79 Å². The Bertz CT molecular complexity index is 505. The van der Waals surface area contributed by atoms with Gasteiger partial charge in [0.2, 0.25) is 0 Å². The Kier molecular flexibility index (Phi) is 4.19. The number of hydrogen-bond acceptors (Lipinski definition) is 3. The van der Waals surface area contributed by atoms with Crippen LogP contribution >= 0.6 is 24.0 Å². The second-order valence-electron chi connectivity index (χ2n) is 4.24. The van der Waals surface area contributed by atoms with Gasteiger partial charge in [-0.15, -0.1) is 0 Å². The number of amides is 1. The van der Waals surface area contributed by atoms with Gasteiger partial charge in [0.05, 0.1) is 4.91 Å². The van der Waals surface area contributed by atoms with E-state index in [0.717, 1.165) is 16.9 Å². The number of thiocarbonyl (C=S) groups is 1. The smallest absolute Gasteiger partial charge is 0.266 e. The average molecular weight is 277 g/mol. The Balaban J connectivity index is 2.22. The van der Waals surface area contributed by atoms with Crippen LogP contribution in [0, 0.1) is 6.92 Å². The molecule has 94 valence electrons. The van der Waals surface area contributed by atoms with Crippen molar-refractivity contribution in [1.82, 2.24) is 4.90 Å². The largest absolute Gasteiger partial charge is 0.293 e. The highest BCUT2D eigenvalue weighted by Crippen LogP contribution is 2.32. The first-order chi connectivity index (χ1) is 8.61. The highest BCUT2D eigenvalue weighted by atomic mass is 32.2. The van der Waals surface area contributed by atoms with Gasteiger partial charge in [0.25, 0.3) is 5.91 Å². The summed E-state index contributed by atoms with van der Waals surface area (Å²) in [5.41, 5.74) is 2.25. The van der Waals surface area contributed by atoms with E-state index in [2.05, 4.69) is 0 Å². The van der Waals surface area contributed by atoms with Gasteiger partial charge in [0.15, 0.2) is 0 Å². The second kappa shape index (κ2) is 5.67. The molecule has 0 atom stereocenters. The number of thioether (sulfide) groups is 1. The van der Waals surface area contributed by atoms with Crippen molar-refractivity contribution in [2.24, 2.45) is 0 Å². The van der Waals surface area contributed by atoms with Crippen molar-refractivity contribution in [3.63, 3.8) is 0 Å².